The minimum atomic E-state index is 0. The molecule has 1 aliphatic rings. The molecule has 1 heterocycles. The molecule has 0 spiro atoms. The lowest BCUT2D eigenvalue weighted by Gasteiger charge is -2.34. The zero-order valence-corrected chi connectivity index (χ0v) is 16.2. The van der Waals surface area contributed by atoms with Crippen LogP contribution in [-0.2, 0) is 6.42 Å². The van der Waals surface area contributed by atoms with Crippen molar-refractivity contribution in [1.29, 1.82) is 0 Å². The number of halogens is 2. The third-order valence-corrected chi connectivity index (χ3v) is 4.94. The number of ketones is 1. The van der Waals surface area contributed by atoms with Crippen molar-refractivity contribution >= 4 is 29.8 Å². The van der Waals surface area contributed by atoms with E-state index in [-0.39, 0.29) is 18.2 Å². The summed E-state index contributed by atoms with van der Waals surface area (Å²) in [5.41, 5.74) is 1.70. The first-order valence-corrected chi connectivity index (χ1v) is 9.00. The molecule has 0 saturated carbocycles. The number of nitrogens with zero attached hydrogens (tertiary/aromatic N) is 2. The van der Waals surface area contributed by atoms with E-state index in [4.69, 9.17) is 11.6 Å². The van der Waals surface area contributed by atoms with E-state index in [1.807, 2.05) is 18.2 Å². The summed E-state index contributed by atoms with van der Waals surface area (Å²) < 4.78 is 0. The number of piperazine rings is 1. The smallest absolute Gasteiger partial charge is 0.176 e. The molecule has 140 valence electrons. The summed E-state index contributed by atoms with van der Waals surface area (Å²) in [5, 5.41) is 10.5. The van der Waals surface area contributed by atoms with Crippen LogP contribution in [0.4, 0.5) is 0 Å². The van der Waals surface area contributed by atoms with Gasteiger partial charge in [-0.25, -0.2) is 0 Å². The zero-order chi connectivity index (χ0) is 17.6. The van der Waals surface area contributed by atoms with Crippen molar-refractivity contribution in [2.75, 3.05) is 39.3 Å². The number of carbonyl (C=O) groups excluding carboxylic acids is 1. The van der Waals surface area contributed by atoms with Gasteiger partial charge in [0.05, 0.1) is 6.54 Å². The van der Waals surface area contributed by atoms with Crippen molar-refractivity contribution in [3.63, 3.8) is 0 Å². The lowest BCUT2D eigenvalue weighted by molar-refractivity contribution is 0.0854. The molecule has 1 aliphatic heterocycles. The maximum Gasteiger partial charge on any atom is 0.176 e. The third-order valence-electron chi connectivity index (χ3n) is 4.69. The number of phenols is 1. The number of para-hydroxylation sites is 1. The molecule has 0 aromatic heterocycles. The summed E-state index contributed by atoms with van der Waals surface area (Å²) >= 11 is 5.87. The summed E-state index contributed by atoms with van der Waals surface area (Å²) in [6, 6.07) is 14.6. The molecule has 0 amide bonds. The van der Waals surface area contributed by atoms with E-state index in [0.717, 1.165) is 44.7 Å². The molecule has 3 rings (SSSR count). The first kappa shape index (κ1) is 20.7. The van der Waals surface area contributed by atoms with Gasteiger partial charge in [-0.2, -0.15) is 0 Å². The summed E-state index contributed by atoms with van der Waals surface area (Å²) in [5.74, 6) is 0.508. The Morgan fingerprint density at radius 1 is 0.962 bits per heavy atom. The van der Waals surface area contributed by atoms with Gasteiger partial charge in [0.2, 0.25) is 0 Å². The molecule has 1 saturated heterocycles. The molecule has 6 heteroatoms. The number of carbonyl (C=O) groups is 1. The van der Waals surface area contributed by atoms with Crippen molar-refractivity contribution in [2.45, 2.75) is 6.42 Å². The molecule has 1 N–H and O–H groups in total. The van der Waals surface area contributed by atoms with E-state index in [1.54, 1.807) is 30.3 Å². The van der Waals surface area contributed by atoms with Gasteiger partial charge >= 0.3 is 0 Å². The van der Waals surface area contributed by atoms with E-state index in [2.05, 4.69) is 9.80 Å². The number of benzene rings is 2. The molecule has 26 heavy (non-hydrogen) atoms. The van der Waals surface area contributed by atoms with Crippen LogP contribution < -0.4 is 0 Å². The standard InChI is InChI=1S/C20H23ClN2O2.ClH/c21-18-7-5-17(6-8-18)20(25)15-23-13-11-22(12-14-23)10-9-16-3-1-2-4-19(16)24;/h1-8,24H,9-15H2;1H. The van der Waals surface area contributed by atoms with E-state index in [9.17, 15) is 9.90 Å². The Bertz CT molecular complexity index is 714. The fraction of sp³-hybridized carbons (Fsp3) is 0.350. The maximum atomic E-state index is 12.3. The van der Waals surface area contributed by atoms with Crippen LogP contribution in [0.3, 0.4) is 0 Å². The minimum absolute atomic E-state index is 0. The van der Waals surface area contributed by atoms with Crippen LogP contribution in [0.15, 0.2) is 48.5 Å². The lowest BCUT2D eigenvalue weighted by Crippen LogP contribution is -2.48. The summed E-state index contributed by atoms with van der Waals surface area (Å²) in [6.07, 6.45) is 0.844. The quantitative estimate of drug-likeness (QED) is 0.761. The number of rotatable bonds is 6. The molecule has 2 aromatic rings. The van der Waals surface area contributed by atoms with E-state index in [1.165, 1.54) is 0 Å². The second-order valence-electron chi connectivity index (χ2n) is 6.43. The van der Waals surface area contributed by atoms with Crippen LogP contribution >= 0.6 is 24.0 Å². The van der Waals surface area contributed by atoms with Crippen LogP contribution in [0.5, 0.6) is 5.75 Å². The fourth-order valence-electron chi connectivity index (χ4n) is 3.10. The molecule has 2 aromatic carbocycles. The van der Waals surface area contributed by atoms with Crippen LogP contribution in [0.2, 0.25) is 5.02 Å². The van der Waals surface area contributed by atoms with Crippen LogP contribution in [0, 0.1) is 0 Å². The van der Waals surface area contributed by atoms with Crippen LogP contribution in [0.1, 0.15) is 15.9 Å². The van der Waals surface area contributed by atoms with Crippen molar-refractivity contribution in [1.82, 2.24) is 9.80 Å². The van der Waals surface area contributed by atoms with Gasteiger partial charge in [0.1, 0.15) is 5.75 Å². The molecular formula is C20H24Cl2N2O2. The van der Waals surface area contributed by atoms with Gasteiger partial charge < -0.3 is 10.0 Å². The Labute approximate surface area is 165 Å². The molecule has 0 bridgehead atoms. The molecule has 0 aliphatic carbocycles. The molecule has 1 fully saturated rings. The van der Waals surface area contributed by atoms with Gasteiger partial charge in [-0.3, -0.25) is 9.69 Å². The monoisotopic (exact) mass is 394 g/mol. The van der Waals surface area contributed by atoms with Gasteiger partial charge in [-0.1, -0.05) is 29.8 Å². The van der Waals surface area contributed by atoms with Gasteiger partial charge in [0, 0.05) is 43.3 Å². The third kappa shape index (κ3) is 5.71. The van der Waals surface area contributed by atoms with Crippen molar-refractivity contribution in [3.8, 4) is 5.75 Å². The summed E-state index contributed by atoms with van der Waals surface area (Å²) in [4.78, 5) is 16.9. The second kappa shape index (κ2) is 9.93. The number of aromatic hydroxyl groups is 1. The summed E-state index contributed by atoms with van der Waals surface area (Å²) in [6.45, 7) is 5.05. The fourth-order valence-corrected chi connectivity index (χ4v) is 3.23. The van der Waals surface area contributed by atoms with Gasteiger partial charge in [0.25, 0.3) is 0 Å². The highest BCUT2D eigenvalue weighted by Crippen LogP contribution is 2.17. The number of phenolic OH excluding ortho intramolecular Hbond substituents is 1. The van der Waals surface area contributed by atoms with Crippen molar-refractivity contribution in [3.05, 3.63) is 64.7 Å². The Morgan fingerprint density at radius 2 is 1.58 bits per heavy atom. The topological polar surface area (TPSA) is 43.8 Å². The zero-order valence-electron chi connectivity index (χ0n) is 14.6. The Hall–Kier alpha value is -1.59. The first-order valence-electron chi connectivity index (χ1n) is 8.62. The molecule has 4 nitrogen and oxygen atoms in total. The second-order valence-corrected chi connectivity index (χ2v) is 6.86. The molecular weight excluding hydrogens is 371 g/mol. The highest BCUT2D eigenvalue weighted by molar-refractivity contribution is 6.30. The van der Waals surface area contributed by atoms with Crippen LogP contribution in [0.25, 0.3) is 0 Å². The largest absolute Gasteiger partial charge is 0.508 e. The maximum absolute atomic E-state index is 12.3. The molecule has 0 radical (unpaired) electrons. The molecule has 0 atom stereocenters. The first-order chi connectivity index (χ1) is 12.1. The summed E-state index contributed by atoms with van der Waals surface area (Å²) in [7, 11) is 0. The molecule has 0 unspecified atom stereocenters. The Kier molecular flexibility index (Phi) is 7.91. The van der Waals surface area contributed by atoms with Crippen molar-refractivity contribution in [2.24, 2.45) is 0 Å². The number of Topliss-reactive ketones (excluding diaryl/α,β-unsaturated/α-hetero) is 1. The SMILES string of the molecule is Cl.O=C(CN1CCN(CCc2ccccc2O)CC1)c1ccc(Cl)cc1. The highest BCUT2D eigenvalue weighted by atomic mass is 35.5. The normalized spacial score (nSPS) is 15.4. The highest BCUT2D eigenvalue weighted by Gasteiger charge is 2.19. The van der Waals surface area contributed by atoms with Gasteiger partial charge in [-0.05, 0) is 42.3 Å². The van der Waals surface area contributed by atoms with Crippen LogP contribution in [-0.4, -0.2) is 60.0 Å². The average molecular weight is 395 g/mol. The van der Waals surface area contributed by atoms with E-state index < -0.39 is 0 Å². The predicted octanol–water partition coefficient (Wildman–Crippen LogP) is 3.51. The number of hydrogen-bond donors (Lipinski definition) is 1. The van der Waals surface area contributed by atoms with E-state index >= 15 is 0 Å². The average Bonchev–Trinajstić information content (AvgIpc) is 2.63. The van der Waals surface area contributed by atoms with Gasteiger partial charge in [0.15, 0.2) is 5.78 Å². The minimum Gasteiger partial charge on any atom is -0.508 e. The van der Waals surface area contributed by atoms with Crippen molar-refractivity contribution < 1.29 is 9.90 Å². The predicted molar refractivity (Wildman–Crippen MR) is 108 cm³/mol. The lowest BCUT2D eigenvalue weighted by atomic mass is 10.1. The van der Waals surface area contributed by atoms with Gasteiger partial charge in [-0.15, -0.1) is 12.4 Å². The number of hydrogen-bond acceptors (Lipinski definition) is 4. The Balaban J connectivity index is 0.00000243. The Morgan fingerprint density at radius 3 is 2.23 bits per heavy atom. The van der Waals surface area contributed by atoms with E-state index in [0.29, 0.717) is 22.9 Å².